The summed E-state index contributed by atoms with van der Waals surface area (Å²) >= 11 is 0. The van der Waals surface area contributed by atoms with Gasteiger partial charge in [-0.3, -0.25) is 0 Å². The van der Waals surface area contributed by atoms with Gasteiger partial charge in [-0.25, -0.2) is 13.2 Å². The molecular formula is C10H9F3O. The lowest BCUT2D eigenvalue weighted by Gasteiger charge is -2.11. The van der Waals surface area contributed by atoms with E-state index < -0.39 is 11.7 Å². The first-order valence-electron chi connectivity index (χ1n) is 4.29. The Morgan fingerprint density at radius 3 is 2.71 bits per heavy atom. The van der Waals surface area contributed by atoms with E-state index in [2.05, 4.69) is 4.74 Å². The van der Waals surface area contributed by atoms with E-state index in [9.17, 15) is 13.2 Å². The van der Waals surface area contributed by atoms with Gasteiger partial charge in [0.2, 0.25) is 0 Å². The molecule has 0 amide bonds. The van der Waals surface area contributed by atoms with Crippen molar-refractivity contribution >= 4 is 0 Å². The minimum absolute atomic E-state index is 0.101. The van der Waals surface area contributed by atoms with Gasteiger partial charge in [-0.1, -0.05) is 0 Å². The molecule has 1 aromatic rings. The van der Waals surface area contributed by atoms with E-state index in [1.54, 1.807) is 0 Å². The molecule has 1 nitrogen and oxygen atoms in total. The third kappa shape index (κ3) is 1.25. The normalized spacial score (nSPS) is 18.0. The van der Waals surface area contributed by atoms with Crippen molar-refractivity contribution in [2.45, 2.75) is 18.8 Å². The molecule has 1 aliphatic rings. The van der Waals surface area contributed by atoms with E-state index in [4.69, 9.17) is 0 Å². The molecule has 0 saturated heterocycles. The molecular weight excluding hydrogens is 193 g/mol. The second-order valence-electron chi connectivity index (χ2n) is 3.35. The zero-order valence-corrected chi connectivity index (χ0v) is 7.61. The molecule has 0 aromatic heterocycles. The topological polar surface area (TPSA) is 9.23 Å². The number of fused-ring (bicyclic) bond motifs is 1. The molecule has 0 spiro atoms. The fraction of sp³-hybridized carbons (Fsp3) is 0.400. The number of aryl methyl sites for hydroxylation is 1. The van der Waals surface area contributed by atoms with Crippen LogP contribution < -0.4 is 4.74 Å². The van der Waals surface area contributed by atoms with Crippen LogP contribution in [-0.4, -0.2) is 7.11 Å². The Balaban J connectivity index is 2.56. The van der Waals surface area contributed by atoms with Crippen LogP contribution in [0.25, 0.3) is 0 Å². The van der Waals surface area contributed by atoms with Gasteiger partial charge in [0.25, 0.3) is 5.92 Å². The highest BCUT2D eigenvalue weighted by Crippen LogP contribution is 2.43. The van der Waals surface area contributed by atoms with Gasteiger partial charge in [-0.2, -0.15) is 0 Å². The lowest BCUT2D eigenvalue weighted by atomic mass is 10.1. The molecule has 0 bridgehead atoms. The van der Waals surface area contributed by atoms with Gasteiger partial charge in [0, 0.05) is 12.0 Å². The lowest BCUT2D eigenvalue weighted by Crippen LogP contribution is -2.07. The van der Waals surface area contributed by atoms with Crippen LogP contribution in [0, 0.1) is 5.82 Å². The highest BCUT2D eigenvalue weighted by Gasteiger charge is 2.39. The number of halogens is 3. The molecule has 1 aromatic carbocycles. The van der Waals surface area contributed by atoms with Crippen LogP contribution in [-0.2, 0) is 12.3 Å². The Bertz CT molecular complexity index is 374. The summed E-state index contributed by atoms with van der Waals surface area (Å²) in [4.78, 5) is 0. The maximum Gasteiger partial charge on any atom is 0.273 e. The fourth-order valence-electron chi connectivity index (χ4n) is 1.72. The van der Waals surface area contributed by atoms with Gasteiger partial charge >= 0.3 is 0 Å². The van der Waals surface area contributed by atoms with Crippen molar-refractivity contribution in [3.8, 4) is 5.75 Å². The number of methoxy groups -OCH3 is 1. The second-order valence-corrected chi connectivity index (χ2v) is 3.35. The first kappa shape index (κ1) is 9.37. The molecule has 0 N–H and O–H groups in total. The Morgan fingerprint density at radius 1 is 1.36 bits per heavy atom. The van der Waals surface area contributed by atoms with Crippen LogP contribution in [0.1, 0.15) is 17.5 Å². The zero-order valence-electron chi connectivity index (χ0n) is 7.61. The maximum absolute atomic E-state index is 13.2. The standard InChI is InChI=1S/C10H9F3O/c1-14-9-5-7-6(4-8(9)11)2-3-10(7,12)13/h4-5H,2-3H2,1H3. The summed E-state index contributed by atoms with van der Waals surface area (Å²) < 4.78 is 44.2. The van der Waals surface area contributed by atoms with Crippen LogP contribution in [0.5, 0.6) is 5.75 Å². The Kier molecular flexibility index (Phi) is 1.94. The highest BCUT2D eigenvalue weighted by atomic mass is 19.3. The van der Waals surface area contributed by atoms with Crippen LogP contribution in [0.3, 0.4) is 0 Å². The van der Waals surface area contributed by atoms with Crippen molar-refractivity contribution < 1.29 is 17.9 Å². The maximum atomic E-state index is 13.2. The van der Waals surface area contributed by atoms with Crippen molar-refractivity contribution in [1.29, 1.82) is 0 Å². The van der Waals surface area contributed by atoms with Crippen molar-refractivity contribution in [3.05, 3.63) is 29.1 Å². The molecule has 0 fully saturated rings. The minimum atomic E-state index is -2.84. The predicted molar refractivity (Wildman–Crippen MR) is 45.2 cm³/mol. The van der Waals surface area contributed by atoms with Gasteiger partial charge in [0.1, 0.15) is 0 Å². The average Bonchev–Trinajstić information content (AvgIpc) is 2.41. The molecule has 0 saturated carbocycles. The highest BCUT2D eigenvalue weighted by molar-refractivity contribution is 5.42. The number of ether oxygens (including phenoxy) is 1. The molecule has 0 aliphatic heterocycles. The van der Waals surface area contributed by atoms with Crippen LogP contribution in [0.15, 0.2) is 12.1 Å². The van der Waals surface area contributed by atoms with Crippen molar-refractivity contribution in [2.75, 3.05) is 7.11 Å². The first-order chi connectivity index (χ1) is 6.54. The second kappa shape index (κ2) is 2.90. The summed E-state index contributed by atoms with van der Waals surface area (Å²) in [6.07, 6.45) is -0.0157. The van der Waals surface area contributed by atoms with E-state index in [-0.39, 0.29) is 24.2 Å². The van der Waals surface area contributed by atoms with E-state index in [1.165, 1.54) is 7.11 Å². The molecule has 14 heavy (non-hydrogen) atoms. The average molecular weight is 202 g/mol. The Hall–Kier alpha value is -1.19. The quantitative estimate of drug-likeness (QED) is 0.680. The van der Waals surface area contributed by atoms with E-state index in [0.29, 0.717) is 5.56 Å². The Morgan fingerprint density at radius 2 is 2.07 bits per heavy atom. The van der Waals surface area contributed by atoms with Crippen molar-refractivity contribution in [3.63, 3.8) is 0 Å². The largest absolute Gasteiger partial charge is 0.494 e. The molecule has 76 valence electrons. The third-order valence-electron chi connectivity index (χ3n) is 2.48. The third-order valence-corrected chi connectivity index (χ3v) is 2.48. The molecule has 0 heterocycles. The number of alkyl halides is 2. The van der Waals surface area contributed by atoms with Crippen molar-refractivity contribution in [2.24, 2.45) is 0 Å². The summed E-state index contributed by atoms with van der Waals surface area (Å²) in [6, 6.07) is 2.23. The monoisotopic (exact) mass is 202 g/mol. The predicted octanol–water partition coefficient (Wildman–Crippen LogP) is 2.87. The van der Waals surface area contributed by atoms with Crippen molar-refractivity contribution in [1.82, 2.24) is 0 Å². The molecule has 0 unspecified atom stereocenters. The lowest BCUT2D eigenvalue weighted by molar-refractivity contribution is -0.00202. The van der Waals surface area contributed by atoms with E-state index in [1.807, 2.05) is 0 Å². The number of hydrogen-bond acceptors (Lipinski definition) is 1. The van der Waals surface area contributed by atoms with Crippen LogP contribution >= 0.6 is 0 Å². The number of rotatable bonds is 1. The number of benzene rings is 1. The summed E-state index contributed by atoms with van der Waals surface area (Å²) in [5.41, 5.74) is 0.282. The van der Waals surface area contributed by atoms with Gasteiger partial charge < -0.3 is 4.74 Å². The van der Waals surface area contributed by atoms with E-state index in [0.717, 1.165) is 12.1 Å². The summed E-state index contributed by atoms with van der Waals surface area (Å²) in [5.74, 6) is -3.54. The first-order valence-corrected chi connectivity index (χ1v) is 4.29. The number of hydrogen-bond donors (Lipinski definition) is 0. The SMILES string of the molecule is COc1cc2c(cc1F)CCC2(F)F. The van der Waals surface area contributed by atoms with E-state index >= 15 is 0 Å². The minimum Gasteiger partial charge on any atom is -0.494 e. The van der Waals surface area contributed by atoms with Gasteiger partial charge in [0.15, 0.2) is 11.6 Å². The van der Waals surface area contributed by atoms with Crippen LogP contribution in [0.4, 0.5) is 13.2 Å². The van der Waals surface area contributed by atoms with Gasteiger partial charge in [-0.15, -0.1) is 0 Å². The smallest absolute Gasteiger partial charge is 0.273 e. The Labute approximate surface area is 79.5 Å². The molecule has 4 heteroatoms. The summed E-state index contributed by atoms with van der Waals surface area (Å²) in [7, 11) is 1.26. The molecule has 1 aliphatic carbocycles. The molecule has 0 atom stereocenters. The van der Waals surface area contributed by atoms with Gasteiger partial charge in [-0.05, 0) is 24.1 Å². The van der Waals surface area contributed by atoms with Gasteiger partial charge in [0.05, 0.1) is 7.11 Å². The van der Waals surface area contributed by atoms with Crippen LogP contribution in [0.2, 0.25) is 0 Å². The fourth-order valence-corrected chi connectivity index (χ4v) is 1.72. The summed E-state index contributed by atoms with van der Waals surface area (Å²) in [6.45, 7) is 0. The molecule has 0 radical (unpaired) electrons. The zero-order chi connectivity index (χ0) is 10.3. The summed E-state index contributed by atoms with van der Waals surface area (Å²) in [5, 5.41) is 0. The molecule has 2 rings (SSSR count).